The van der Waals surface area contributed by atoms with Crippen LogP contribution in [0.1, 0.15) is 30.4 Å². The second kappa shape index (κ2) is 7.88. The van der Waals surface area contributed by atoms with Gasteiger partial charge in [-0.15, -0.1) is 0 Å². The lowest BCUT2D eigenvalue weighted by Crippen LogP contribution is -2.25. The summed E-state index contributed by atoms with van der Waals surface area (Å²) < 4.78 is 17.3. The van der Waals surface area contributed by atoms with Crippen molar-refractivity contribution in [2.24, 2.45) is 0 Å². The first-order chi connectivity index (χ1) is 10.9. The summed E-state index contributed by atoms with van der Waals surface area (Å²) >= 11 is 1.53. The number of aliphatic carboxylic acids is 1. The first kappa shape index (κ1) is 17.9. The zero-order chi connectivity index (χ0) is 16.9. The largest absolute Gasteiger partial charge is 0.479 e. The lowest BCUT2D eigenvalue weighted by atomic mass is 9.98. The van der Waals surface area contributed by atoms with E-state index < -0.39 is 19.7 Å². The van der Waals surface area contributed by atoms with Crippen LogP contribution in [-0.4, -0.2) is 22.1 Å². The Morgan fingerprint density at radius 1 is 1.30 bits per heavy atom. The number of carbonyl (C=O) groups is 1. The molecule has 2 aromatic rings. The van der Waals surface area contributed by atoms with E-state index in [2.05, 4.69) is 0 Å². The van der Waals surface area contributed by atoms with Crippen LogP contribution in [0.3, 0.4) is 0 Å². The highest BCUT2D eigenvalue weighted by atomic mass is 32.1. The third-order valence-corrected chi connectivity index (χ3v) is 5.52. The van der Waals surface area contributed by atoms with Crippen molar-refractivity contribution < 1.29 is 23.9 Å². The first-order valence-electron chi connectivity index (χ1n) is 7.16. The maximum Gasteiger partial charge on any atom is 0.333 e. The van der Waals surface area contributed by atoms with Gasteiger partial charge in [0.2, 0.25) is 0 Å². The fourth-order valence-electron chi connectivity index (χ4n) is 2.25. The van der Waals surface area contributed by atoms with Crippen LogP contribution in [0.4, 0.5) is 0 Å². The van der Waals surface area contributed by atoms with Crippen molar-refractivity contribution >= 4 is 24.9 Å². The standard InChI is InChI=1S/C16H19O5PS/c1-12(14-7-8-23-11-14)9-15(16(17)18)21-22(19,20)10-13-5-3-2-4-6-13/h2-8,11-12,15H,9-10H2,1H3,(H,17,18)(H,19,20). The van der Waals surface area contributed by atoms with Gasteiger partial charge in [-0.3, -0.25) is 9.09 Å². The van der Waals surface area contributed by atoms with Gasteiger partial charge in [-0.1, -0.05) is 37.3 Å². The Balaban J connectivity index is 2.03. The van der Waals surface area contributed by atoms with Gasteiger partial charge in [-0.2, -0.15) is 11.3 Å². The molecular weight excluding hydrogens is 335 g/mol. The van der Waals surface area contributed by atoms with Gasteiger partial charge in [0, 0.05) is 0 Å². The van der Waals surface area contributed by atoms with E-state index in [4.69, 9.17) is 4.52 Å². The predicted octanol–water partition coefficient (Wildman–Crippen LogP) is 4.10. The van der Waals surface area contributed by atoms with Crippen LogP contribution in [0.15, 0.2) is 47.2 Å². The van der Waals surface area contributed by atoms with Gasteiger partial charge in [0.15, 0.2) is 6.10 Å². The molecule has 0 saturated heterocycles. The van der Waals surface area contributed by atoms with Gasteiger partial charge < -0.3 is 10.00 Å². The van der Waals surface area contributed by atoms with Gasteiger partial charge in [-0.05, 0) is 40.3 Å². The topological polar surface area (TPSA) is 83.8 Å². The molecule has 3 atom stereocenters. The van der Waals surface area contributed by atoms with Gasteiger partial charge in [-0.25, -0.2) is 4.79 Å². The minimum Gasteiger partial charge on any atom is -0.479 e. The van der Waals surface area contributed by atoms with E-state index in [9.17, 15) is 19.4 Å². The molecule has 0 amide bonds. The van der Waals surface area contributed by atoms with Gasteiger partial charge in [0.25, 0.3) is 0 Å². The van der Waals surface area contributed by atoms with E-state index in [0.29, 0.717) is 5.56 Å². The minimum absolute atomic E-state index is 0.0703. The van der Waals surface area contributed by atoms with E-state index in [1.807, 2.05) is 23.8 Å². The Morgan fingerprint density at radius 3 is 2.57 bits per heavy atom. The monoisotopic (exact) mass is 354 g/mol. The molecule has 0 aliphatic carbocycles. The minimum atomic E-state index is -4.04. The van der Waals surface area contributed by atoms with Gasteiger partial charge in [0.1, 0.15) is 0 Å². The molecule has 0 aliphatic heterocycles. The van der Waals surface area contributed by atoms with Crippen LogP contribution in [0, 0.1) is 0 Å². The molecule has 5 nitrogen and oxygen atoms in total. The Bertz CT molecular complexity index is 671. The summed E-state index contributed by atoms with van der Waals surface area (Å²) in [6.45, 7) is 1.88. The number of carboxylic acids is 1. The molecule has 0 spiro atoms. The van der Waals surface area contributed by atoms with E-state index in [0.717, 1.165) is 5.56 Å². The number of benzene rings is 1. The molecule has 124 valence electrons. The zero-order valence-corrected chi connectivity index (χ0v) is 14.4. The second-order valence-corrected chi connectivity index (χ2v) is 7.99. The first-order valence-corrected chi connectivity index (χ1v) is 9.87. The van der Waals surface area contributed by atoms with Gasteiger partial charge >= 0.3 is 13.6 Å². The molecule has 1 aromatic carbocycles. The molecule has 2 rings (SSSR count). The van der Waals surface area contributed by atoms with Crippen molar-refractivity contribution in [1.82, 2.24) is 0 Å². The Morgan fingerprint density at radius 2 is 2.00 bits per heavy atom. The average Bonchev–Trinajstić information content (AvgIpc) is 3.01. The molecule has 2 N–H and O–H groups in total. The molecule has 0 aliphatic rings. The Kier molecular flexibility index (Phi) is 6.13. The molecule has 0 fully saturated rings. The van der Waals surface area contributed by atoms with Crippen LogP contribution in [-0.2, 0) is 20.0 Å². The lowest BCUT2D eigenvalue weighted by molar-refractivity contribution is -0.146. The summed E-state index contributed by atoms with van der Waals surface area (Å²) in [5.41, 5.74) is 1.63. The Labute approximate surface area is 139 Å². The fourth-order valence-corrected chi connectivity index (χ4v) is 4.35. The van der Waals surface area contributed by atoms with Crippen LogP contribution in [0.2, 0.25) is 0 Å². The molecule has 7 heteroatoms. The normalized spacial score (nSPS) is 16.4. The molecule has 3 unspecified atom stereocenters. The van der Waals surface area contributed by atoms with Crippen LogP contribution in [0.25, 0.3) is 0 Å². The molecule has 0 saturated carbocycles. The number of carboxylic acid groups (broad SMARTS) is 1. The predicted molar refractivity (Wildman–Crippen MR) is 89.8 cm³/mol. The molecular formula is C16H19O5PS. The van der Waals surface area contributed by atoms with E-state index in [-0.39, 0.29) is 18.5 Å². The molecule has 1 aromatic heterocycles. The summed E-state index contributed by atoms with van der Waals surface area (Å²) in [6, 6.07) is 10.6. The molecule has 1 heterocycles. The highest BCUT2D eigenvalue weighted by molar-refractivity contribution is 7.52. The second-order valence-electron chi connectivity index (χ2n) is 5.41. The highest BCUT2D eigenvalue weighted by Crippen LogP contribution is 2.48. The Hall–Kier alpha value is -1.46. The summed E-state index contributed by atoms with van der Waals surface area (Å²) in [4.78, 5) is 21.4. The summed E-state index contributed by atoms with van der Waals surface area (Å²) in [5, 5.41) is 13.1. The SMILES string of the molecule is CC(CC(OP(=O)(O)Cc1ccccc1)C(=O)O)c1ccsc1. The van der Waals surface area contributed by atoms with Crippen molar-refractivity contribution in [2.45, 2.75) is 31.5 Å². The number of thiophene rings is 1. The third-order valence-electron chi connectivity index (χ3n) is 3.47. The lowest BCUT2D eigenvalue weighted by Gasteiger charge is -2.21. The van der Waals surface area contributed by atoms with Crippen LogP contribution >= 0.6 is 18.9 Å². The van der Waals surface area contributed by atoms with Crippen LogP contribution < -0.4 is 0 Å². The van der Waals surface area contributed by atoms with Crippen molar-refractivity contribution in [2.75, 3.05) is 0 Å². The van der Waals surface area contributed by atoms with Gasteiger partial charge in [0.05, 0.1) is 6.16 Å². The average molecular weight is 354 g/mol. The summed E-state index contributed by atoms with van der Waals surface area (Å²) in [6.07, 6.45) is -1.37. The third kappa shape index (κ3) is 5.59. The highest BCUT2D eigenvalue weighted by Gasteiger charge is 2.31. The van der Waals surface area contributed by atoms with Crippen LogP contribution in [0.5, 0.6) is 0 Å². The van der Waals surface area contributed by atoms with Crippen molar-refractivity contribution in [1.29, 1.82) is 0 Å². The molecule has 23 heavy (non-hydrogen) atoms. The van der Waals surface area contributed by atoms with E-state index in [1.165, 1.54) is 11.3 Å². The number of hydrogen-bond acceptors (Lipinski definition) is 4. The summed E-state index contributed by atoms with van der Waals surface area (Å²) in [7, 11) is -4.04. The van der Waals surface area contributed by atoms with E-state index >= 15 is 0 Å². The maximum atomic E-state index is 12.2. The molecule has 0 bridgehead atoms. The zero-order valence-electron chi connectivity index (χ0n) is 12.7. The summed E-state index contributed by atoms with van der Waals surface area (Å²) in [5.74, 6) is -1.30. The maximum absolute atomic E-state index is 12.2. The van der Waals surface area contributed by atoms with E-state index in [1.54, 1.807) is 30.3 Å². The van der Waals surface area contributed by atoms with Crippen molar-refractivity contribution in [3.63, 3.8) is 0 Å². The van der Waals surface area contributed by atoms with Crippen molar-refractivity contribution in [3.8, 4) is 0 Å². The smallest absolute Gasteiger partial charge is 0.333 e. The van der Waals surface area contributed by atoms with Crippen molar-refractivity contribution in [3.05, 3.63) is 58.3 Å². The number of hydrogen-bond donors (Lipinski definition) is 2. The number of rotatable bonds is 8. The fraction of sp³-hybridized carbons (Fsp3) is 0.312. The molecule has 0 radical (unpaired) electrons. The quantitative estimate of drug-likeness (QED) is 0.697.